The average Bonchev–Trinajstić information content (AvgIpc) is 2.76. The number of esters is 1. The van der Waals surface area contributed by atoms with E-state index >= 15 is 0 Å². The Bertz CT molecular complexity index is 1100. The number of rotatable bonds is 10. The van der Waals surface area contributed by atoms with Gasteiger partial charge in [0, 0.05) is 11.1 Å². The number of carbonyl (C=O) groups excluding carboxylic acids is 2. The SMILES string of the molecule is CC(C)Oc1ccc(C(C)(C)C)c(OC(C)C)c1/C=C/C(=O)c1ccc(OCOC(=O)C(C)(C)C)cc1. The molecule has 0 unspecified atom stereocenters. The lowest BCUT2D eigenvalue weighted by atomic mass is 9.84. The number of hydrogen-bond acceptors (Lipinski definition) is 6. The molecule has 2 rings (SSSR count). The van der Waals surface area contributed by atoms with Gasteiger partial charge in [-0.2, -0.15) is 0 Å². The van der Waals surface area contributed by atoms with Crippen LogP contribution >= 0.6 is 0 Å². The summed E-state index contributed by atoms with van der Waals surface area (Å²) in [6.07, 6.45) is 3.21. The maximum atomic E-state index is 13.0. The molecule has 0 aliphatic rings. The Labute approximate surface area is 222 Å². The second-order valence-corrected chi connectivity index (χ2v) is 11.6. The zero-order valence-corrected chi connectivity index (χ0v) is 23.9. The summed E-state index contributed by atoms with van der Waals surface area (Å²) < 4.78 is 22.9. The molecule has 0 fully saturated rings. The van der Waals surface area contributed by atoms with Gasteiger partial charge in [-0.15, -0.1) is 0 Å². The van der Waals surface area contributed by atoms with Crippen LogP contribution in [0.4, 0.5) is 0 Å². The molecule has 0 saturated carbocycles. The van der Waals surface area contributed by atoms with Crippen molar-refractivity contribution >= 4 is 17.8 Å². The molecule has 2 aromatic carbocycles. The Kier molecular flexibility index (Phi) is 9.96. The van der Waals surface area contributed by atoms with Crippen LogP contribution in [0.1, 0.15) is 90.7 Å². The first kappa shape index (κ1) is 29.9. The summed E-state index contributed by atoms with van der Waals surface area (Å²) in [5.74, 6) is 1.37. The fourth-order valence-electron chi connectivity index (χ4n) is 3.39. The predicted molar refractivity (Wildman–Crippen MR) is 148 cm³/mol. The number of carbonyl (C=O) groups is 2. The van der Waals surface area contributed by atoms with Crippen molar-refractivity contribution in [1.82, 2.24) is 0 Å². The highest BCUT2D eigenvalue weighted by molar-refractivity contribution is 6.07. The maximum Gasteiger partial charge on any atom is 0.314 e. The Morgan fingerprint density at radius 1 is 0.838 bits per heavy atom. The summed E-state index contributed by atoms with van der Waals surface area (Å²) in [5, 5.41) is 0. The van der Waals surface area contributed by atoms with Gasteiger partial charge in [0.25, 0.3) is 0 Å². The Morgan fingerprint density at radius 2 is 1.43 bits per heavy atom. The molecule has 37 heavy (non-hydrogen) atoms. The maximum absolute atomic E-state index is 13.0. The minimum absolute atomic E-state index is 0.0366. The molecule has 6 nitrogen and oxygen atoms in total. The second kappa shape index (κ2) is 12.3. The summed E-state index contributed by atoms with van der Waals surface area (Å²) in [7, 11) is 0. The van der Waals surface area contributed by atoms with Gasteiger partial charge < -0.3 is 18.9 Å². The first-order valence-electron chi connectivity index (χ1n) is 12.7. The van der Waals surface area contributed by atoms with Crippen molar-refractivity contribution in [2.75, 3.05) is 6.79 Å². The van der Waals surface area contributed by atoms with E-state index in [0.29, 0.717) is 17.1 Å². The van der Waals surface area contributed by atoms with Crippen molar-refractivity contribution in [2.24, 2.45) is 5.41 Å². The van der Waals surface area contributed by atoms with Gasteiger partial charge in [0.15, 0.2) is 5.78 Å². The van der Waals surface area contributed by atoms with Crippen molar-refractivity contribution < 1.29 is 28.5 Å². The third-order valence-corrected chi connectivity index (χ3v) is 5.25. The van der Waals surface area contributed by atoms with E-state index in [2.05, 4.69) is 20.8 Å². The van der Waals surface area contributed by atoms with Crippen LogP contribution in [0.15, 0.2) is 42.5 Å². The molecule has 0 atom stereocenters. The van der Waals surface area contributed by atoms with E-state index in [0.717, 1.165) is 16.9 Å². The summed E-state index contributed by atoms with van der Waals surface area (Å²) in [4.78, 5) is 24.9. The highest BCUT2D eigenvalue weighted by atomic mass is 16.7. The normalized spacial score (nSPS) is 12.2. The molecule has 0 aromatic heterocycles. The van der Waals surface area contributed by atoms with Gasteiger partial charge in [-0.1, -0.05) is 26.8 Å². The lowest BCUT2D eigenvalue weighted by molar-refractivity contribution is -0.159. The monoisotopic (exact) mass is 510 g/mol. The van der Waals surface area contributed by atoms with Crippen LogP contribution in [0.5, 0.6) is 17.2 Å². The van der Waals surface area contributed by atoms with Crippen LogP contribution in [0, 0.1) is 5.41 Å². The summed E-state index contributed by atoms with van der Waals surface area (Å²) in [6, 6.07) is 10.7. The van der Waals surface area contributed by atoms with Crippen molar-refractivity contribution in [3.8, 4) is 17.2 Å². The topological polar surface area (TPSA) is 71.1 Å². The number of benzene rings is 2. The zero-order valence-electron chi connectivity index (χ0n) is 23.9. The van der Waals surface area contributed by atoms with Crippen LogP contribution in [0.25, 0.3) is 6.08 Å². The molecule has 0 radical (unpaired) electrons. The second-order valence-electron chi connectivity index (χ2n) is 11.6. The smallest absolute Gasteiger partial charge is 0.314 e. The fraction of sp³-hybridized carbons (Fsp3) is 0.484. The molecule has 0 bridgehead atoms. The Hall–Kier alpha value is -3.28. The predicted octanol–water partition coefficient (Wildman–Crippen LogP) is 7.38. The fourth-order valence-corrected chi connectivity index (χ4v) is 3.39. The van der Waals surface area contributed by atoms with E-state index < -0.39 is 5.41 Å². The zero-order chi connectivity index (χ0) is 28.0. The van der Waals surface area contributed by atoms with Crippen LogP contribution in [0.2, 0.25) is 0 Å². The minimum Gasteiger partial charge on any atom is -0.490 e. The molecule has 0 heterocycles. The molecule has 6 heteroatoms. The van der Waals surface area contributed by atoms with E-state index in [1.807, 2.05) is 39.8 Å². The molecule has 2 aromatic rings. The molecule has 0 aliphatic heterocycles. The molecule has 0 saturated heterocycles. The standard InChI is InChI=1S/C31H42O6/c1-20(2)36-27-18-16-25(30(5,6)7)28(37-21(3)4)24(27)15-17-26(32)22-11-13-23(14-12-22)34-19-35-29(33)31(8,9)10/h11-18,20-21H,19H2,1-10H3/b17-15+. The van der Waals surface area contributed by atoms with Crippen LogP contribution < -0.4 is 14.2 Å². The third-order valence-electron chi connectivity index (χ3n) is 5.25. The summed E-state index contributed by atoms with van der Waals surface area (Å²) in [5.41, 5.74) is 1.52. The van der Waals surface area contributed by atoms with Crippen molar-refractivity contribution in [2.45, 2.75) is 86.9 Å². The van der Waals surface area contributed by atoms with Crippen LogP contribution in [0.3, 0.4) is 0 Å². The molecule has 202 valence electrons. The molecule has 0 aliphatic carbocycles. The Morgan fingerprint density at radius 3 is 1.95 bits per heavy atom. The molecular weight excluding hydrogens is 468 g/mol. The Balaban J connectivity index is 2.29. The van der Waals surface area contributed by atoms with E-state index in [9.17, 15) is 9.59 Å². The summed E-state index contributed by atoms with van der Waals surface area (Å²) >= 11 is 0. The minimum atomic E-state index is -0.599. The number of hydrogen-bond donors (Lipinski definition) is 0. The van der Waals surface area contributed by atoms with E-state index in [4.69, 9.17) is 18.9 Å². The van der Waals surface area contributed by atoms with Crippen molar-refractivity contribution in [3.05, 3.63) is 59.2 Å². The van der Waals surface area contributed by atoms with Gasteiger partial charge in [0.2, 0.25) is 6.79 Å². The average molecular weight is 511 g/mol. The molecule has 0 spiro atoms. The van der Waals surface area contributed by atoms with Crippen molar-refractivity contribution in [3.63, 3.8) is 0 Å². The quantitative estimate of drug-likeness (QED) is 0.144. The van der Waals surface area contributed by atoms with Gasteiger partial charge in [-0.3, -0.25) is 9.59 Å². The number of allylic oxidation sites excluding steroid dienone is 1. The highest BCUT2D eigenvalue weighted by Crippen LogP contribution is 2.40. The van der Waals surface area contributed by atoms with Crippen LogP contribution in [-0.2, 0) is 14.9 Å². The lowest BCUT2D eigenvalue weighted by Crippen LogP contribution is -2.24. The third kappa shape index (κ3) is 8.96. The largest absolute Gasteiger partial charge is 0.490 e. The first-order chi connectivity index (χ1) is 17.1. The van der Waals surface area contributed by atoms with Gasteiger partial charge >= 0.3 is 5.97 Å². The van der Waals surface area contributed by atoms with Crippen molar-refractivity contribution in [1.29, 1.82) is 0 Å². The first-order valence-corrected chi connectivity index (χ1v) is 12.7. The highest BCUT2D eigenvalue weighted by Gasteiger charge is 2.25. The molecule has 0 amide bonds. The van der Waals surface area contributed by atoms with E-state index in [1.165, 1.54) is 6.08 Å². The van der Waals surface area contributed by atoms with Gasteiger partial charge in [-0.05, 0) is 96.4 Å². The number of ether oxygens (including phenoxy) is 4. The van der Waals surface area contributed by atoms with Gasteiger partial charge in [0.05, 0.1) is 23.2 Å². The van der Waals surface area contributed by atoms with E-state index in [-0.39, 0.29) is 36.2 Å². The van der Waals surface area contributed by atoms with E-state index in [1.54, 1.807) is 51.1 Å². The number of ketones is 1. The summed E-state index contributed by atoms with van der Waals surface area (Å²) in [6.45, 7) is 19.4. The van der Waals surface area contributed by atoms with Gasteiger partial charge in [0.1, 0.15) is 17.2 Å². The molecule has 0 N–H and O–H groups in total. The van der Waals surface area contributed by atoms with Crippen LogP contribution in [-0.4, -0.2) is 30.8 Å². The lowest BCUT2D eigenvalue weighted by Gasteiger charge is -2.27. The molecular formula is C31H42O6. The van der Waals surface area contributed by atoms with Gasteiger partial charge in [-0.25, -0.2) is 0 Å².